The lowest BCUT2D eigenvalue weighted by Crippen LogP contribution is -2.43. The fourth-order valence-corrected chi connectivity index (χ4v) is 2.07. The lowest BCUT2D eigenvalue weighted by molar-refractivity contribution is -0.793. The molecule has 0 saturated heterocycles. The first-order valence-corrected chi connectivity index (χ1v) is 7.79. The van der Waals surface area contributed by atoms with Crippen molar-refractivity contribution < 1.29 is 18.8 Å². The highest BCUT2D eigenvalue weighted by molar-refractivity contribution is 7.58. The van der Waals surface area contributed by atoms with Crippen molar-refractivity contribution in [2.75, 3.05) is 27.7 Å². The molecule has 0 aliphatic carbocycles. The molecular formula is C18H21NO3S. The minimum atomic E-state index is -0.302. The Balaban J connectivity index is 0.000000229. The van der Waals surface area contributed by atoms with E-state index in [0.717, 1.165) is 16.9 Å². The highest BCUT2D eigenvalue weighted by Crippen LogP contribution is 2.35. The lowest BCUT2D eigenvalue weighted by Gasteiger charge is -2.19. The van der Waals surface area contributed by atoms with Crippen molar-refractivity contribution in [2.45, 2.75) is 11.3 Å². The van der Waals surface area contributed by atoms with Crippen molar-refractivity contribution in [3.05, 3.63) is 54.1 Å². The van der Waals surface area contributed by atoms with Crippen molar-refractivity contribution in [3.63, 3.8) is 0 Å². The number of quaternary nitrogens is 1. The van der Waals surface area contributed by atoms with Crippen LogP contribution in [0.5, 0.6) is 11.5 Å². The van der Waals surface area contributed by atoms with Gasteiger partial charge in [-0.1, -0.05) is 42.5 Å². The Hall–Kier alpha value is -2.11. The van der Waals surface area contributed by atoms with Gasteiger partial charge < -0.3 is 22.1 Å². The van der Waals surface area contributed by atoms with Gasteiger partial charge in [0.1, 0.15) is 0 Å². The summed E-state index contributed by atoms with van der Waals surface area (Å²) in [5.74, 6) is 1.23. The molecule has 0 aromatic heterocycles. The molecule has 1 amide bonds. The number of nitrogens with zero attached hydrogens (tertiary/aromatic N) is 1. The molecule has 0 bridgehead atoms. The van der Waals surface area contributed by atoms with Gasteiger partial charge in [0.2, 0.25) is 0 Å². The average molecular weight is 331 g/mol. The first kappa shape index (κ1) is 17.2. The number of hydrogen-bond donors (Lipinski definition) is 0. The number of carbonyl (C=O) groups is 1. The molecule has 122 valence electrons. The van der Waals surface area contributed by atoms with Crippen molar-refractivity contribution in [3.8, 4) is 11.5 Å². The molecule has 0 unspecified atom stereocenters. The number of fused-ring (bicyclic) bond motifs is 1. The van der Waals surface area contributed by atoms with E-state index in [9.17, 15) is 4.79 Å². The maximum absolute atomic E-state index is 11.7. The maximum Gasteiger partial charge on any atom is 0.520 e. The molecule has 3 rings (SSSR count). The van der Waals surface area contributed by atoms with E-state index in [1.165, 1.54) is 0 Å². The number of carbonyl (C=O) groups excluding carboxylic acids is 1. The van der Waals surface area contributed by atoms with E-state index in [-0.39, 0.29) is 10.6 Å². The van der Waals surface area contributed by atoms with Crippen molar-refractivity contribution in [1.82, 2.24) is 0 Å². The van der Waals surface area contributed by atoms with Gasteiger partial charge in [-0.05, 0) is 6.07 Å². The fraction of sp³-hybridized carbons (Fsp3) is 0.278. The van der Waals surface area contributed by atoms with Crippen LogP contribution in [0.1, 0.15) is 5.56 Å². The molecule has 1 aliphatic heterocycles. The Morgan fingerprint density at radius 1 is 1.09 bits per heavy atom. The van der Waals surface area contributed by atoms with Crippen molar-refractivity contribution in [2.24, 2.45) is 0 Å². The monoisotopic (exact) mass is 331 g/mol. The largest absolute Gasteiger partial charge is 0.780 e. The van der Waals surface area contributed by atoms with Crippen LogP contribution in [-0.4, -0.2) is 38.3 Å². The van der Waals surface area contributed by atoms with Gasteiger partial charge in [-0.25, -0.2) is 4.48 Å². The highest BCUT2D eigenvalue weighted by Gasteiger charge is 2.26. The van der Waals surface area contributed by atoms with Crippen LogP contribution in [0, 0.1) is 0 Å². The van der Waals surface area contributed by atoms with Crippen LogP contribution in [0.2, 0.25) is 0 Å². The van der Waals surface area contributed by atoms with Gasteiger partial charge in [-0.2, -0.15) is 9.69 Å². The predicted molar refractivity (Wildman–Crippen MR) is 91.8 cm³/mol. The highest BCUT2D eigenvalue weighted by atomic mass is 32.1. The zero-order valence-corrected chi connectivity index (χ0v) is 14.4. The summed E-state index contributed by atoms with van der Waals surface area (Å²) in [6.45, 7) is 0.661. The topological polar surface area (TPSA) is 35.5 Å². The molecule has 1 aliphatic rings. The Morgan fingerprint density at radius 2 is 1.78 bits per heavy atom. The Labute approximate surface area is 142 Å². The second-order valence-corrected chi connectivity index (χ2v) is 6.51. The Morgan fingerprint density at radius 3 is 2.35 bits per heavy atom. The van der Waals surface area contributed by atoms with E-state index in [1.54, 1.807) is 27.2 Å². The summed E-state index contributed by atoms with van der Waals surface area (Å²) in [5, 5.41) is 0. The zero-order chi connectivity index (χ0) is 16.9. The SMILES string of the molecule is C[N+](C)(C)C(=O)Oc1cccc2c1OCC2.[S-]c1ccccc1. The quantitative estimate of drug-likeness (QED) is 0.592. The summed E-state index contributed by atoms with van der Waals surface area (Å²) in [7, 11) is 5.31. The summed E-state index contributed by atoms with van der Waals surface area (Å²) in [4.78, 5) is 12.6. The molecule has 1 heterocycles. The van der Waals surface area contributed by atoms with Gasteiger partial charge in [0.25, 0.3) is 0 Å². The van der Waals surface area contributed by atoms with Gasteiger partial charge in [0, 0.05) is 12.0 Å². The van der Waals surface area contributed by atoms with Crippen LogP contribution in [0.4, 0.5) is 4.79 Å². The van der Waals surface area contributed by atoms with E-state index >= 15 is 0 Å². The summed E-state index contributed by atoms with van der Waals surface area (Å²) >= 11 is 4.81. The Bertz CT molecular complexity index is 666. The van der Waals surface area contributed by atoms with E-state index in [1.807, 2.05) is 42.5 Å². The van der Waals surface area contributed by atoms with E-state index in [0.29, 0.717) is 18.1 Å². The van der Waals surface area contributed by atoms with Gasteiger partial charge in [0.15, 0.2) is 11.5 Å². The standard InChI is InChI=1S/C12H16NO3.C6H6S/c1-13(2,3)12(14)16-10-6-4-5-9-7-8-15-11(9)10;7-6-4-2-1-3-5-6/h4-6H,7-8H2,1-3H3;1-5,7H/q+1;/p-1. The van der Waals surface area contributed by atoms with Crippen LogP contribution in [0.3, 0.4) is 0 Å². The van der Waals surface area contributed by atoms with E-state index < -0.39 is 0 Å². The maximum atomic E-state index is 11.7. The second-order valence-electron chi connectivity index (χ2n) is 6.04. The van der Waals surface area contributed by atoms with Crippen LogP contribution < -0.4 is 9.47 Å². The third-order valence-electron chi connectivity index (χ3n) is 3.17. The van der Waals surface area contributed by atoms with E-state index in [2.05, 4.69) is 0 Å². The third-order valence-corrected chi connectivity index (χ3v) is 3.44. The Kier molecular flexibility index (Phi) is 5.58. The molecule has 0 fully saturated rings. The first-order valence-electron chi connectivity index (χ1n) is 7.38. The molecule has 5 heteroatoms. The van der Waals surface area contributed by atoms with Crippen LogP contribution >= 0.6 is 0 Å². The summed E-state index contributed by atoms with van der Waals surface area (Å²) in [5.41, 5.74) is 1.10. The number of para-hydroxylation sites is 1. The molecule has 0 atom stereocenters. The van der Waals surface area contributed by atoms with Crippen molar-refractivity contribution in [1.29, 1.82) is 0 Å². The lowest BCUT2D eigenvalue weighted by atomic mass is 10.1. The molecule has 0 saturated carbocycles. The molecule has 2 aromatic carbocycles. The van der Waals surface area contributed by atoms with Crippen LogP contribution in [0.15, 0.2) is 53.4 Å². The number of ether oxygens (including phenoxy) is 2. The van der Waals surface area contributed by atoms with Crippen LogP contribution in [-0.2, 0) is 19.0 Å². The second kappa shape index (κ2) is 7.44. The first-order chi connectivity index (χ1) is 10.9. The summed E-state index contributed by atoms with van der Waals surface area (Å²) in [6, 6.07) is 15.3. The number of rotatable bonds is 1. The molecule has 0 radical (unpaired) electrons. The molecule has 0 spiro atoms. The third kappa shape index (κ3) is 4.94. The van der Waals surface area contributed by atoms with Crippen LogP contribution in [0.25, 0.3) is 0 Å². The minimum absolute atomic E-state index is 0.129. The average Bonchev–Trinajstić information content (AvgIpc) is 2.97. The molecule has 4 nitrogen and oxygen atoms in total. The molecule has 0 N–H and O–H groups in total. The van der Waals surface area contributed by atoms with Crippen molar-refractivity contribution >= 4 is 18.7 Å². The van der Waals surface area contributed by atoms with Gasteiger partial charge in [-0.15, -0.1) is 0 Å². The number of hydrogen-bond acceptors (Lipinski definition) is 4. The smallest absolute Gasteiger partial charge is 0.520 e. The van der Waals surface area contributed by atoms with E-state index in [4.69, 9.17) is 22.1 Å². The summed E-state index contributed by atoms with van der Waals surface area (Å²) < 4.78 is 10.9. The number of amides is 1. The van der Waals surface area contributed by atoms with Gasteiger partial charge in [0.05, 0.1) is 27.7 Å². The number of benzene rings is 2. The predicted octanol–water partition coefficient (Wildman–Crippen LogP) is 3.42. The molecule has 2 aromatic rings. The fourth-order valence-electron chi connectivity index (χ4n) is 1.92. The normalized spacial score (nSPS) is 12.5. The van der Waals surface area contributed by atoms with Gasteiger partial charge in [-0.3, -0.25) is 0 Å². The van der Waals surface area contributed by atoms with Gasteiger partial charge >= 0.3 is 6.09 Å². The molecule has 23 heavy (non-hydrogen) atoms. The minimum Gasteiger partial charge on any atom is -0.780 e. The molecular weight excluding hydrogens is 310 g/mol. The zero-order valence-electron chi connectivity index (χ0n) is 13.6. The summed E-state index contributed by atoms with van der Waals surface area (Å²) in [6.07, 6.45) is 0.578.